The normalized spacial score (nSPS) is 10.9. The minimum Gasteiger partial charge on any atom is -0.491 e. The molecule has 3 aromatic rings. The van der Waals surface area contributed by atoms with Crippen molar-refractivity contribution < 1.29 is 24.2 Å². The third kappa shape index (κ3) is 4.55. The summed E-state index contributed by atoms with van der Waals surface area (Å²) in [5.41, 5.74) is 4.47. The smallest absolute Gasteiger partial charge is 0.416 e. The number of carbonyl (C=O) groups excluding carboxylic acids is 1. The van der Waals surface area contributed by atoms with Crippen LogP contribution in [0.1, 0.15) is 24.2 Å². The molecule has 0 spiro atoms. The Morgan fingerprint density at radius 2 is 1.90 bits per heavy atom. The van der Waals surface area contributed by atoms with Gasteiger partial charge in [0.05, 0.1) is 17.8 Å². The summed E-state index contributed by atoms with van der Waals surface area (Å²) in [6, 6.07) is 13.9. The maximum atomic E-state index is 12.9. The summed E-state index contributed by atoms with van der Waals surface area (Å²) >= 11 is 0. The highest BCUT2D eigenvalue weighted by molar-refractivity contribution is 6.01. The topological polar surface area (TPSA) is 93.0 Å². The molecule has 0 aliphatic rings. The van der Waals surface area contributed by atoms with Crippen LogP contribution in [0.2, 0.25) is 0 Å². The lowest BCUT2D eigenvalue weighted by atomic mass is 10.2. The average molecular weight is 411 g/mol. The van der Waals surface area contributed by atoms with E-state index >= 15 is 0 Å². The number of para-hydroxylation sites is 1. The number of fused-ring (bicyclic) bond motifs is 1. The number of rotatable bonds is 8. The summed E-state index contributed by atoms with van der Waals surface area (Å²) in [5, 5.41) is 11.9. The highest BCUT2D eigenvalue weighted by Gasteiger charge is 2.21. The fourth-order valence-electron chi connectivity index (χ4n) is 3.12. The Kier molecular flexibility index (Phi) is 6.58. The molecule has 8 heteroatoms. The molecule has 0 saturated heterocycles. The van der Waals surface area contributed by atoms with E-state index in [0.717, 1.165) is 9.95 Å². The molecule has 0 fully saturated rings. The number of hydrogen-bond acceptors (Lipinski definition) is 5. The number of anilines is 1. The first-order valence-electron chi connectivity index (χ1n) is 9.57. The molecule has 2 N–H and O–H groups in total. The van der Waals surface area contributed by atoms with E-state index < -0.39 is 6.09 Å². The second-order valence-electron chi connectivity index (χ2n) is 6.96. The van der Waals surface area contributed by atoms with Gasteiger partial charge in [0, 0.05) is 30.3 Å². The van der Waals surface area contributed by atoms with E-state index in [-0.39, 0.29) is 11.9 Å². The molecule has 1 heterocycles. The second-order valence-corrected chi connectivity index (χ2v) is 6.96. The van der Waals surface area contributed by atoms with Crippen LogP contribution < -0.4 is 15.2 Å². The summed E-state index contributed by atoms with van der Waals surface area (Å²) in [4.78, 5) is 24.6. The lowest BCUT2D eigenvalue weighted by Gasteiger charge is -2.28. The Bertz CT molecular complexity index is 1040. The van der Waals surface area contributed by atoms with Crippen LogP contribution in [0.25, 0.3) is 10.9 Å². The molecule has 0 bridgehead atoms. The van der Waals surface area contributed by atoms with Gasteiger partial charge in [0.2, 0.25) is 0 Å². The third-order valence-electron chi connectivity index (χ3n) is 4.55. The van der Waals surface area contributed by atoms with Crippen LogP contribution in [0, 0.1) is 0 Å². The van der Waals surface area contributed by atoms with Crippen LogP contribution in [0.15, 0.2) is 54.7 Å². The van der Waals surface area contributed by atoms with Crippen LogP contribution in [0.3, 0.4) is 0 Å². The van der Waals surface area contributed by atoms with Crippen molar-refractivity contribution in [2.24, 2.45) is 0 Å². The van der Waals surface area contributed by atoms with Gasteiger partial charge in [-0.1, -0.05) is 24.3 Å². The SMILES string of the molecule is COCCOc1cccc(C(=O)NN(c2cn(C(=O)O)c3ccccc23)C(C)C)c1. The largest absolute Gasteiger partial charge is 0.491 e. The molecular formula is C22H25N3O5. The number of methoxy groups -OCH3 is 1. The summed E-state index contributed by atoms with van der Waals surface area (Å²) < 4.78 is 11.7. The van der Waals surface area contributed by atoms with Crippen molar-refractivity contribution in [3.05, 3.63) is 60.3 Å². The van der Waals surface area contributed by atoms with Crippen molar-refractivity contribution >= 4 is 28.6 Å². The van der Waals surface area contributed by atoms with Gasteiger partial charge in [-0.15, -0.1) is 0 Å². The zero-order valence-electron chi connectivity index (χ0n) is 17.2. The first-order chi connectivity index (χ1) is 14.4. The number of hydrazine groups is 1. The van der Waals surface area contributed by atoms with Crippen molar-refractivity contribution in [3.63, 3.8) is 0 Å². The predicted molar refractivity (Wildman–Crippen MR) is 114 cm³/mol. The number of carboxylic acid groups (broad SMARTS) is 1. The monoisotopic (exact) mass is 411 g/mol. The summed E-state index contributed by atoms with van der Waals surface area (Å²) in [6.07, 6.45) is 0.422. The maximum absolute atomic E-state index is 12.9. The maximum Gasteiger partial charge on any atom is 0.416 e. The number of amides is 1. The number of hydrogen-bond donors (Lipinski definition) is 2. The minimum atomic E-state index is -1.09. The van der Waals surface area contributed by atoms with Crippen LogP contribution in [0.4, 0.5) is 10.5 Å². The number of aromatic nitrogens is 1. The van der Waals surface area contributed by atoms with Gasteiger partial charge in [-0.05, 0) is 38.1 Å². The fraction of sp³-hybridized carbons (Fsp3) is 0.273. The van der Waals surface area contributed by atoms with Crippen LogP contribution in [0.5, 0.6) is 5.75 Å². The Hall–Kier alpha value is -3.52. The minimum absolute atomic E-state index is 0.122. The van der Waals surface area contributed by atoms with E-state index in [9.17, 15) is 14.7 Å². The molecule has 8 nitrogen and oxygen atoms in total. The Balaban J connectivity index is 1.89. The van der Waals surface area contributed by atoms with Crippen molar-refractivity contribution in [3.8, 4) is 5.75 Å². The lowest BCUT2D eigenvalue weighted by Crippen LogP contribution is -2.46. The van der Waals surface area contributed by atoms with E-state index in [2.05, 4.69) is 5.43 Å². The molecule has 0 aliphatic heterocycles. The van der Waals surface area contributed by atoms with E-state index in [1.54, 1.807) is 48.5 Å². The Labute approximate surface area is 174 Å². The molecule has 30 heavy (non-hydrogen) atoms. The van der Waals surface area contributed by atoms with Crippen LogP contribution in [-0.2, 0) is 4.74 Å². The number of nitrogens with one attached hydrogen (secondary N) is 1. The van der Waals surface area contributed by atoms with Crippen molar-refractivity contribution in [2.75, 3.05) is 25.3 Å². The molecule has 0 radical (unpaired) electrons. The number of nitrogens with zero attached hydrogens (tertiary/aromatic N) is 2. The molecule has 2 aromatic carbocycles. The highest BCUT2D eigenvalue weighted by Crippen LogP contribution is 2.29. The van der Waals surface area contributed by atoms with Gasteiger partial charge < -0.3 is 14.6 Å². The van der Waals surface area contributed by atoms with Gasteiger partial charge in [-0.3, -0.25) is 19.8 Å². The summed E-state index contributed by atoms with van der Waals surface area (Å²) in [5.74, 6) is 0.242. The molecule has 1 aromatic heterocycles. The third-order valence-corrected chi connectivity index (χ3v) is 4.55. The molecule has 0 atom stereocenters. The van der Waals surface area contributed by atoms with Gasteiger partial charge in [0.1, 0.15) is 12.4 Å². The molecular weight excluding hydrogens is 386 g/mol. The van der Waals surface area contributed by atoms with E-state index in [1.807, 2.05) is 26.0 Å². The number of benzene rings is 2. The molecule has 0 saturated carbocycles. The van der Waals surface area contributed by atoms with Crippen molar-refractivity contribution in [1.29, 1.82) is 0 Å². The van der Waals surface area contributed by atoms with E-state index in [0.29, 0.717) is 35.7 Å². The van der Waals surface area contributed by atoms with Crippen LogP contribution in [-0.4, -0.2) is 48.0 Å². The first-order valence-corrected chi connectivity index (χ1v) is 9.57. The standard InChI is InChI=1S/C22H25N3O5/c1-15(2)25(20-14-24(22(27)28)19-10-5-4-9-18(19)20)23-21(26)16-7-6-8-17(13-16)30-12-11-29-3/h4-10,13-15H,11-12H2,1-3H3,(H,23,26)(H,27,28). The van der Waals surface area contributed by atoms with Gasteiger partial charge in [-0.2, -0.15) is 0 Å². The van der Waals surface area contributed by atoms with Crippen molar-refractivity contribution in [1.82, 2.24) is 9.99 Å². The van der Waals surface area contributed by atoms with Gasteiger partial charge in [-0.25, -0.2) is 4.79 Å². The zero-order valence-corrected chi connectivity index (χ0v) is 17.2. The van der Waals surface area contributed by atoms with Gasteiger partial charge in [0.15, 0.2) is 0 Å². The van der Waals surface area contributed by atoms with Crippen molar-refractivity contribution in [2.45, 2.75) is 19.9 Å². The summed E-state index contributed by atoms with van der Waals surface area (Å²) in [6.45, 7) is 4.66. The highest BCUT2D eigenvalue weighted by atomic mass is 16.5. The molecule has 158 valence electrons. The summed E-state index contributed by atoms with van der Waals surface area (Å²) in [7, 11) is 1.59. The predicted octanol–water partition coefficient (Wildman–Crippen LogP) is 3.75. The zero-order chi connectivity index (χ0) is 21.7. The number of carbonyl (C=O) groups is 2. The van der Waals surface area contributed by atoms with Crippen LogP contribution >= 0.6 is 0 Å². The number of ether oxygens (including phenoxy) is 2. The van der Waals surface area contributed by atoms with E-state index in [4.69, 9.17) is 9.47 Å². The molecule has 0 unspecified atom stereocenters. The molecule has 3 rings (SSSR count). The van der Waals surface area contributed by atoms with E-state index in [1.165, 1.54) is 6.20 Å². The quantitative estimate of drug-likeness (QED) is 0.433. The first kappa shape index (κ1) is 21.2. The van der Waals surface area contributed by atoms with Gasteiger partial charge in [0.25, 0.3) is 5.91 Å². The lowest BCUT2D eigenvalue weighted by molar-refractivity contribution is 0.0945. The fourth-order valence-corrected chi connectivity index (χ4v) is 3.12. The average Bonchev–Trinajstić information content (AvgIpc) is 3.12. The second kappa shape index (κ2) is 9.32. The Morgan fingerprint density at radius 3 is 2.60 bits per heavy atom. The Morgan fingerprint density at radius 1 is 1.13 bits per heavy atom. The molecule has 1 amide bonds. The van der Waals surface area contributed by atoms with Gasteiger partial charge >= 0.3 is 6.09 Å². The molecule has 0 aliphatic carbocycles.